The smallest absolute Gasteiger partial charge is 0.407 e. The van der Waals surface area contributed by atoms with Gasteiger partial charge in [0.2, 0.25) is 0 Å². The van der Waals surface area contributed by atoms with E-state index >= 15 is 0 Å². The molecule has 14 heavy (non-hydrogen) atoms. The molecule has 0 aromatic heterocycles. The minimum absolute atomic E-state index is 0.221. The summed E-state index contributed by atoms with van der Waals surface area (Å²) in [6.07, 6.45) is 1.48. The number of hydrogen-bond donors (Lipinski definition) is 1. The van der Waals surface area contributed by atoms with Crippen molar-refractivity contribution in [1.82, 2.24) is 5.32 Å². The number of cyclic esters (lactones) is 1. The topological polar surface area (TPSA) is 38.3 Å². The Balaban J connectivity index is 1.94. The van der Waals surface area contributed by atoms with E-state index < -0.39 is 0 Å². The number of alkyl carbamates (subject to hydrolysis) is 1. The zero-order valence-corrected chi connectivity index (χ0v) is 7.90. The fourth-order valence-electron chi connectivity index (χ4n) is 1.63. The largest absolute Gasteiger partial charge is 0.449 e. The molecular formula is C11H13NO2. The third-order valence-corrected chi connectivity index (χ3v) is 2.35. The van der Waals surface area contributed by atoms with E-state index in [0.717, 1.165) is 12.8 Å². The second kappa shape index (κ2) is 4.13. The van der Waals surface area contributed by atoms with Gasteiger partial charge in [-0.3, -0.25) is 0 Å². The zero-order chi connectivity index (χ0) is 9.80. The molecule has 0 aliphatic carbocycles. The second-order valence-electron chi connectivity index (χ2n) is 3.46. The average Bonchev–Trinajstić information content (AvgIpc) is 2.19. The van der Waals surface area contributed by atoms with E-state index in [1.54, 1.807) is 0 Å². The van der Waals surface area contributed by atoms with Crippen molar-refractivity contribution in [3.63, 3.8) is 0 Å². The molecule has 74 valence electrons. The molecule has 0 radical (unpaired) electrons. The molecule has 1 heterocycles. The molecule has 1 amide bonds. The highest BCUT2D eigenvalue weighted by Crippen LogP contribution is 2.08. The molecular weight excluding hydrogens is 178 g/mol. The molecule has 1 unspecified atom stereocenters. The molecule has 1 aliphatic rings. The summed E-state index contributed by atoms with van der Waals surface area (Å²) in [6.45, 7) is 0.531. The van der Waals surface area contributed by atoms with Crippen molar-refractivity contribution in [2.24, 2.45) is 0 Å². The van der Waals surface area contributed by atoms with E-state index in [1.165, 1.54) is 5.56 Å². The molecule has 1 aromatic rings. The van der Waals surface area contributed by atoms with Crippen molar-refractivity contribution < 1.29 is 9.53 Å². The number of rotatable bonds is 2. The number of carbonyl (C=O) groups excluding carboxylic acids is 1. The van der Waals surface area contributed by atoms with Crippen molar-refractivity contribution in [3.8, 4) is 0 Å². The fourth-order valence-corrected chi connectivity index (χ4v) is 1.63. The highest BCUT2D eigenvalue weighted by molar-refractivity contribution is 5.68. The van der Waals surface area contributed by atoms with Gasteiger partial charge in [-0.05, 0) is 12.0 Å². The van der Waals surface area contributed by atoms with Crippen LogP contribution in [0.15, 0.2) is 30.3 Å². The fraction of sp³-hybridized carbons (Fsp3) is 0.364. The third kappa shape index (κ3) is 2.25. The molecule has 0 spiro atoms. The Morgan fingerprint density at radius 2 is 2.14 bits per heavy atom. The molecule has 0 saturated carbocycles. The van der Waals surface area contributed by atoms with Crippen LogP contribution in [-0.2, 0) is 11.2 Å². The van der Waals surface area contributed by atoms with Crippen LogP contribution in [0.25, 0.3) is 0 Å². The molecule has 1 aliphatic heterocycles. The summed E-state index contributed by atoms with van der Waals surface area (Å²) in [4.78, 5) is 10.9. The molecule has 3 nitrogen and oxygen atoms in total. The van der Waals surface area contributed by atoms with Crippen molar-refractivity contribution in [3.05, 3.63) is 35.9 Å². The van der Waals surface area contributed by atoms with Crippen LogP contribution < -0.4 is 5.32 Å². The van der Waals surface area contributed by atoms with Crippen LogP contribution >= 0.6 is 0 Å². The first-order chi connectivity index (χ1) is 6.84. The van der Waals surface area contributed by atoms with Gasteiger partial charge in [0.25, 0.3) is 0 Å². The van der Waals surface area contributed by atoms with E-state index in [-0.39, 0.29) is 12.1 Å². The first kappa shape index (κ1) is 9.06. The van der Waals surface area contributed by atoms with Crippen LogP contribution in [0.1, 0.15) is 12.0 Å². The third-order valence-electron chi connectivity index (χ3n) is 2.35. The lowest BCUT2D eigenvalue weighted by atomic mass is 10.0. The van der Waals surface area contributed by atoms with Crippen LogP contribution in [0, 0.1) is 0 Å². The average molecular weight is 191 g/mol. The molecule has 1 aromatic carbocycles. The van der Waals surface area contributed by atoms with Crippen molar-refractivity contribution in [2.45, 2.75) is 18.9 Å². The summed E-state index contributed by atoms with van der Waals surface area (Å²) < 4.78 is 4.80. The number of ether oxygens (including phenoxy) is 1. The van der Waals surface area contributed by atoms with Gasteiger partial charge in [-0.2, -0.15) is 0 Å². The Morgan fingerprint density at radius 3 is 2.86 bits per heavy atom. The number of nitrogens with one attached hydrogen (secondary N) is 1. The van der Waals surface area contributed by atoms with Crippen molar-refractivity contribution >= 4 is 6.09 Å². The van der Waals surface area contributed by atoms with Crippen LogP contribution in [0.3, 0.4) is 0 Å². The monoisotopic (exact) mass is 191 g/mol. The van der Waals surface area contributed by atoms with E-state index in [4.69, 9.17) is 4.74 Å². The summed E-state index contributed by atoms with van der Waals surface area (Å²) in [5.41, 5.74) is 1.25. The van der Waals surface area contributed by atoms with Gasteiger partial charge in [-0.1, -0.05) is 30.3 Å². The molecule has 1 fully saturated rings. The number of hydrogen-bond acceptors (Lipinski definition) is 2. The minimum atomic E-state index is -0.294. The molecule has 1 saturated heterocycles. The van der Waals surface area contributed by atoms with Crippen LogP contribution in [0.2, 0.25) is 0 Å². The molecule has 0 bridgehead atoms. The van der Waals surface area contributed by atoms with E-state index in [0.29, 0.717) is 6.61 Å². The van der Waals surface area contributed by atoms with Crippen LogP contribution in [0.4, 0.5) is 4.79 Å². The summed E-state index contributed by atoms with van der Waals surface area (Å²) >= 11 is 0. The first-order valence-corrected chi connectivity index (χ1v) is 4.82. The highest BCUT2D eigenvalue weighted by Gasteiger charge is 2.18. The Labute approximate surface area is 83.1 Å². The molecule has 1 atom stereocenters. The maximum Gasteiger partial charge on any atom is 0.407 e. The van der Waals surface area contributed by atoms with Gasteiger partial charge < -0.3 is 10.1 Å². The maximum atomic E-state index is 10.9. The lowest BCUT2D eigenvalue weighted by molar-refractivity contribution is 0.115. The van der Waals surface area contributed by atoms with Crippen molar-refractivity contribution in [1.29, 1.82) is 0 Å². The van der Waals surface area contributed by atoms with Gasteiger partial charge in [-0.25, -0.2) is 4.79 Å². The predicted octanol–water partition coefficient (Wildman–Crippen LogP) is 1.73. The van der Waals surface area contributed by atoms with E-state index in [2.05, 4.69) is 17.4 Å². The quantitative estimate of drug-likeness (QED) is 0.773. The summed E-state index contributed by atoms with van der Waals surface area (Å²) in [5.74, 6) is 0. The Bertz CT molecular complexity index is 310. The standard InChI is InChI=1S/C11H13NO2/c13-11-12-10(6-7-14-11)8-9-4-2-1-3-5-9/h1-5,10H,6-8H2,(H,12,13). The normalized spacial score (nSPS) is 21.1. The number of amides is 1. The van der Waals surface area contributed by atoms with Gasteiger partial charge in [0, 0.05) is 12.5 Å². The number of benzene rings is 1. The first-order valence-electron chi connectivity index (χ1n) is 4.82. The van der Waals surface area contributed by atoms with E-state index in [9.17, 15) is 4.79 Å². The van der Waals surface area contributed by atoms with Gasteiger partial charge in [0.1, 0.15) is 0 Å². The Kier molecular flexibility index (Phi) is 2.68. The molecule has 3 heteroatoms. The number of carbonyl (C=O) groups is 1. The van der Waals surface area contributed by atoms with Gasteiger partial charge in [0.15, 0.2) is 0 Å². The van der Waals surface area contributed by atoms with Crippen LogP contribution in [-0.4, -0.2) is 18.7 Å². The summed E-state index contributed by atoms with van der Waals surface area (Å²) in [6, 6.07) is 10.4. The molecule has 2 rings (SSSR count). The van der Waals surface area contributed by atoms with Crippen molar-refractivity contribution in [2.75, 3.05) is 6.61 Å². The van der Waals surface area contributed by atoms with Gasteiger partial charge in [-0.15, -0.1) is 0 Å². The second-order valence-corrected chi connectivity index (χ2v) is 3.46. The minimum Gasteiger partial charge on any atom is -0.449 e. The van der Waals surface area contributed by atoms with E-state index in [1.807, 2.05) is 18.2 Å². The lowest BCUT2D eigenvalue weighted by Gasteiger charge is -2.23. The Hall–Kier alpha value is -1.51. The summed E-state index contributed by atoms with van der Waals surface area (Å²) in [7, 11) is 0. The lowest BCUT2D eigenvalue weighted by Crippen LogP contribution is -2.42. The molecule has 1 N–H and O–H groups in total. The zero-order valence-electron chi connectivity index (χ0n) is 7.90. The Morgan fingerprint density at radius 1 is 1.36 bits per heavy atom. The SMILES string of the molecule is O=C1NC(Cc2ccccc2)CCO1. The summed E-state index contributed by atoms with van der Waals surface area (Å²) in [5, 5.41) is 2.80. The van der Waals surface area contributed by atoms with Gasteiger partial charge in [0.05, 0.1) is 6.61 Å². The van der Waals surface area contributed by atoms with Gasteiger partial charge >= 0.3 is 6.09 Å². The predicted molar refractivity (Wildman–Crippen MR) is 53.0 cm³/mol. The maximum absolute atomic E-state index is 10.9. The van der Waals surface area contributed by atoms with Crippen LogP contribution in [0.5, 0.6) is 0 Å². The highest BCUT2D eigenvalue weighted by atomic mass is 16.5.